The standard InChI is InChI=1S/C10H13Cl2N3O/c11-7-3-8(12)10(14-9(7)13)15-2-1-6(4-15)5-16/h3,6,16H,1-2,4-5H2,(H2,13,14). The summed E-state index contributed by atoms with van der Waals surface area (Å²) in [7, 11) is 0. The Morgan fingerprint density at radius 1 is 1.50 bits per heavy atom. The first-order valence-corrected chi connectivity index (χ1v) is 5.84. The number of hydrogen-bond donors (Lipinski definition) is 2. The van der Waals surface area contributed by atoms with Gasteiger partial charge in [-0.25, -0.2) is 4.98 Å². The highest BCUT2D eigenvalue weighted by molar-refractivity contribution is 6.37. The molecule has 0 saturated carbocycles. The maximum atomic E-state index is 9.07. The van der Waals surface area contributed by atoms with Crippen LogP contribution in [0.1, 0.15) is 6.42 Å². The number of aliphatic hydroxyl groups is 1. The molecule has 1 aliphatic rings. The Morgan fingerprint density at radius 3 is 2.88 bits per heavy atom. The molecular formula is C10H13Cl2N3O. The lowest BCUT2D eigenvalue weighted by atomic mass is 10.1. The van der Waals surface area contributed by atoms with Gasteiger partial charge in [-0.15, -0.1) is 0 Å². The van der Waals surface area contributed by atoms with Crippen molar-refractivity contribution in [3.63, 3.8) is 0 Å². The Kier molecular flexibility index (Phi) is 3.42. The first-order chi connectivity index (χ1) is 7.61. The second kappa shape index (κ2) is 4.65. The predicted octanol–water partition coefficient (Wildman–Crippen LogP) is 1.79. The highest BCUT2D eigenvalue weighted by Gasteiger charge is 2.24. The fourth-order valence-corrected chi connectivity index (χ4v) is 2.34. The number of nitrogens with two attached hydrogens (primary N) is 1. The molecule has 1 aromatic heterocycles. The van der Waals surface area contributed by atoms with E-state index in [1.807, 2.05) is 4.90 Å². The monoisotopic (exact) mass is 261 g/mol. The number of halogens is 2. The Balaban J connectivity index is 2.24. The maximum Gasteiger partial charge on any atom is 0.149 e. The molecule has 4 nitrogen and oxygen atoms in total. The molecule has 16 heavy (non-hydrogen) atoms. The van der Waals surface area contributed by atoms with Crippen molar-refractivity contribution in [3.8, 4) is 0 Å². The number of rotatable bonds is 2. The zero-order chi connectivity index (χ0) is 11.7. The largest absolute Gasteiger partial charge is 0.396 e. The average molecular weight is 262 g/mol. The van der Waals surface area contributed by atoms with Crippen molar-refractivity contribution in [2.45, 2.75) is 6.42 Å². The minimum atomic E-state index is 0.192. The molecule has 2 heterocycles. The average Bonchev–Trinajstić information content (AvgIpc) is 2.71. The van der Waals surface area contributed by atoms with E-state index in [9.17, 15) is 0 Å². The second-order valence-corrected chi connectivity index (χ2v) is 4.76. The first-order valence-electron chi connectivity index (χ1n) is 5.09. The molecule has 1 unspecified atom stereocenters. The van der Waals surface area contributed by atoms with Gasteiger partial charge in [0.1, 0.15) is 11.6 Å². The number of aromatic nitrogens is 1. The molecule has 0 aromatic carbocycles. The molecule has 3 N–H and O–H groups in total. The lowest BCUT2D eigenvalue weighted by Gasteiger charge is -2.19. The zero-order valence-electron chi connectivity index (χ0n) is 8.66. The van der Waals surface area contributed by atoms with Crippen LogP contribution in [0.5, 0.6) is 0 Å². The highest BCUT2D eigenvalue weighted by Crippen LogP contribution is 2.32. The third-order valence-corrected chi connectivity index (χ3v) is 3.36. The van der Waals surface area contributed by atoms with Gasteiger partial charge in [0.05, 0.1) is 10.0 Å². The first kappa shape index (κ1) is 11.8. The van der Waals surface area contributed by atoms with E-state index in [1.54, 1.807) is 6.07 Å². The summed E-state index contributed by atoms with van der Waals surface area (Å²) in [5.41, 5.74) is 5.65. The summed E-state index contributed by atoms with van der Waals surface area (Å²) >= 11 is 11.9. The number of hydrogen-bond acceptors (Lipinski definition) is 4. The van der Waals surface area contributed by atoms with E-state index < -0.39 is 0 Å². The Labute approximate surface area is 104 Å². The van der Waals surface area contributed by atoms with Crippen LogP contribution in [0.2, 0.25) is 10.0 Å². The van der Waals surface area contributed by atoms with E-state index in [0.717, 1.165) is 19.5 Å². The predicted molar refractivity (Wildman–Crippen MR) is 66.1 cm³/mol. The molecule has 1 atom stereocenters. The van der Waals surface area contributed by atoms with Crippen LogP contribution in [-0.2, 0) is 0 Å². The van der Waals surface area contributed by atoms with Crippen LogP contribution in [0.4, 0.5) is 11.6 Å². The van der Waals surface area contributed by atoms with E-state index in [-0.39, 0.29) is 18.3 Å². The van der Waals surface area contributed by atoms with Crippen LogP contribution < -0.4 is 10.6 Å². The number of pyridine rings is 1. The molecule has 0 radical (unpaired) electrons. The van der Waals surface area contributed by atoms with Crippen LogP contribution in [0, 0.1) is 5.92 Å². The second-order valence-electron chi connectivity index (χ2n) is 3.94. The number of anilines is 2. The summed E-state index contributed by atoms with van der Waals surface area (Å²) in [6.07, 6.45) is 0.942. The molecule has 2 rings (SSSR count). The normalized spacial score (nSPS) is 20.4. The van der Waals surface area contributed by atoms with Gasteiger partial charge < -0.3 is 15.7 Å². The minimum Gasteiger partial charge on any atom is -0.396 e. The Hall–Kier alpha value is -0.710. The molecule has 1 fully saturated rings. The number of aliphatic hydroxyl groups excluding tert-OH is 1. The molecule has 1 saturated heterocycles. The maximum absolute atomic E-state index is 9.07. The topological polar surface area (TPSA) is 62.4 Å². The molecular weight excluding hydrogens is 249 g/mol. The Morgan fingerprint density at radius 2 is 2.25 bits per heavy atom. The minimum absolute atomic E-state index is 0.192. The van der Waals surface area contributed by atoms with Gasteiger partial charge in [0.2, 0.25) is 0 Å². The fraction of sp³-hybridized carbons (Fsp3) is 0.500. The molecule has 1 aromatic rings. The van der Waals surface area contributed by atoms with Gasteiger partial charge in [0.25, 0.3) is 0 Å². The summed E-state index contributed by atoms with van der Waals surface area (Å²) in [5, 5.41) is 9.94. The van der Waals surface area contributed by atoms with Gasteiger partial charge in [-0.2, -0.15) is 0 Å². The third kappa shape index (κ3) is 2.19. The Bertz CT molecular complexity index is 400. The van der Waals surface area contributed by atoms with Crippen LogP contribution in [-0.4, -0.2) is 29.8 Å². The molecule has 0 bridgehead atoms. The van der Waals surface area contributed by atoms with Crippen LogP contribution in [0.25, 0.3) is 0 Å². The summed E-state index contributed by atoms with van der Waals surface area (Å²) in [6.45, 7) is 1.78. The van der Waals surface area contributed by atoms with Gasteiger partial charge in [0.15, 0.2) is 0 Å². The van der Waals surface area contributed by atoms with Crippen molar-refractivity contribution in [1.82, 2.24) is 4.98 Å². The fourth-order valence-electron chi connectivity index (χ4n) is 1.87. The molecule has 6 heteroatoms. The van der Waals surface area contributed by atoms with Crippen LogP contribution in [0.15, 0.2) is 6.07 Å². The lowest BCUT2D eigenvalue weighted by molar-refractivity contribution is 0.238. The van der Waals surface area contributed by atoms with Gasteiger partial charge in [-0.05, 0) is 12.5 Å². The number of nitrogen functional groups attached to an aromatic ring is 1. The van der Waals surface area contributed by atoms with Crippen LogP contribution >= 0.6 is 23.2 Å². The summed E-state index contributed by atoms with van der Waals surface area (Å²) in [4.78, 5) is 6.20. The van der Waals surface area contributed by atoms with E-state index >= 15 is 0 Å². The summed E-state index contributed by atoms with van der Waals surface area (Å²) < 4.78 is 0. The molecule has 88 valence electrons. The van der Waals surface area contributed by atoms with Crippen LogP contribution in [0.3, 0.4) is 0 Å². The van der Waals surface area contributed by atoms with Crippen molar-refractivity contribution in [2.75, 3.05) is 30.3 Å². The van der Waals surface area contributed by atoms with Crippen molar-refractivity contribution in [3.05, 3.63) is 16.1 Å². The molecule has 1 aliphatic heterocycles. The molecule has 0 aliphatic carbocycles. The van der Waals surface area contributed by atoms with Gasteiger partial charge in [-0.3, -0.25) is 0 Å². The number of nitrogens with zero attached hydrogens (tertiary/aromatic N) is 2. The van der Waals surface area contributed by atoms with Gasteiger partial charge >= 0.3 is 0 Å². The smallest absolute Gasteiger partial charge is 0.149 e. The quantitative estimate of drug-likeness (QED) is 0.852. The molecule has 0 amide bonds. The van der Waals surface area contributed by atoms with Crippen molar-refractivity contribution >= 4 is 34.8 Å². The SMILES string of the molecule is Nc1nc(N2CCC(CO)C2)c(Cl)cc1Cl. The van der Waals surface area contributed by atoms with Crippen molar-refractivity contribution < 1.29 is 5.11 Å². The van der Waals surface area contributed by atoms with Crippen molar-refractivity contribution in [1.29, 1.82) is 0 Å². The van der Waals surface area contributed by atoms with E-state index in [4.69, 9.17) is 34.0 Å². The van der Waals surface area contributed by atoms with Crippen molar-refractivity contribution in [2.24, 2.45) is 5.92 Å². The van der Waals surface area contributed by atoms with E-state index in [0.29, 0.717) is 15.9 Å². The lowest BCUT2D eigenvalue weighted by Crippen LogP contribution is -2.22. The summed E-state index contributed by atoms with van der Waals surface area (Å²) in [6, 6.07) is 1.60. The zero-order valence-corrected chi connectivity index (χ0v) is 10.2. The third-order valence-electron chi connectivity index (χ3n) is 2.78. The summed E-state index contributed by atoms with van der Waals surface area (Å²) in [5.74, 6) is 1.22. The highest BCUT2D eigenvalue weighted by atomic mass is 35.5. The van der Waals surface area contributed by atoms with E-state index in [2.05, 4.69) is 4.98 Å². The van der Waals surface area contributed by atoms with E-state index in [1.165, 1.54) is 0 Å². The van der Waals surface area contributed by atoms with Gasteiger partial charge in [0, 0.05) is 25.6 Å². The van der Waals surface area contributed by atoms with Gasteiger partial charge in [-0.1, -0.05) is 23.2 Å². The molecule has 0 spiro atoms.